The van der Waals surface area contributed by atoms with E-state index in [4.69, 9.17) is 5.11 Å². The van der Waals surface area contributed by atoms with E-state index < -0.39 is 5.97 Å². The summed E-state index contributed by atoms with van der Waals surface area (Å²) in [5.41, 5.74) is 1.56. The molecule has 0 saturated carbocycles. The van der Waals surface area contributed by atoms with Gasteiger partial charge in [-0.25, -0.2) is 0 Å². The number of carboxylic acid groups (broad SMARTS) is 1. The number of likely N-dealkylation sites (tertiary alicyclic amines) is 1. The summed E-state index contributed by atoms with van der Waals surface area (Å²) in [6.07, 6.45) is 1.54. The highest BCUT2D eigenvalue weighted by Crippen LogP contribution is 2.23. The molecule has 1 aliphatic rings. The van der Waals surface area contributed by atoms with Crippen LogP contribution >= 0.6 is 0 Å². The van der Waals surface area contributed by atoms with Crippen LogP contribution in [0, 0.1) is 5.92 Å². The van der Waals surface area contributed by atoms with E-state index >= 15 is 0 Å². The van der Waals surface area contributed by atoms with Gasteiger partial charge in [0.1, 0.15) is 0 Å². The van der Waals surface area contributed by atoms with Crippen molar-refractivity contribution in [2.24, 2.45) is 5.92 Å². The lowest BCUT2D eigenvalue weighted by atomic mass is 9.94. The fourth-order valence-electron chi connectivity index (χ4n) is 3.67. The number of nitrogens with one attached hydrogen (secondary N) is 1. The number of amides is 2. The lowest BCUT2D eigenvalue weighted by Crippen LogP contribution is -2.43. The molecule has 0 radical (unpaired) electrons. The third-order valence-electron chi connectivity index (χ3n) is 5.34. The first-order valence-corrected chi connectivity index (χ1v) is 9.96. The summed E-state index contributed by atoms with van der Waals surface area (Å²) in [4.78, 5) is 38.1. The molecule has 1 unspecified atom stereocenters. The van der Waals surface area contributed by atoms with Gasteiger partial charge in [-0.2, -0.15) is 0 Å². The quantitative estimate of drug-likeness (QED) is 0.755. The first-order chi connectivity index (χ1) is 14.0. The van der Waals surface area contributed by atoms with E-state index in [9.17, 15) is 14.4 Å². The lowest BCUT2D eigenvalue weighted by molar-refractivity contribution is -0.137. The Labute approximate surface area is 170 Å². The minimum atomic E-state index is -0.882. The van der Waals surface area contributed by atoms with Crippen molar-refractivity contribution in [3.05, 3.63) is 71.8 Å². The molecule has 0 bridgehead atoms. The molecule has 0 aliphatic carbocycles. The number of hydrogen-bond donors (Lipinski definition) is 2. The van der Waals surface area contributed by atoms with E-state index in [0.717, 1.165) is 5.56 Å². The molecule has 1 aliphatic heterocycles. The van der Waals surface area contributed by atoms with Crippen LogP contribution in [0.15, 0.2) is 60.7 Å². The standard InChI is InChI=1S/C23H26N2O4/c26-21(27)12-11-20(17-7-3-1-4-8-17)24-22(28)18-13-15-25(16-14-18)23(29)19-9-5-2-6-10-19/h1-10,18,20H,11-16H2,(H,24,28)(H,26,27). The number of carbonyl (C=O) groups excluding carboxylic acids is 2. The van der Waals surface area contributed by atoms with Crippen molar-refractivity contribution in [2.45, 2.75) is 31.7 Å². The van der Waals surface area contributed by atoms with Crippen LogP contribution in [-0.2, 0) is 9.59 Å². The molecule has 1 atom stereocenters. The zero-order valence-corrected chi connectivity index (χ0v) is 16.3. The molecule has 152 valence electrons. The van der Waals surface area contributed by atoms with Crippen molar-refractivity contribution in [3.8, 4) is 0 Å². The van der Waals surface area contributed by atoms with Gasteiger partial charge in [-0.15, -0.1) is 0 Å². The topological polar surface area (TPSA) is 86.7 Å². The second-order valence-corrected chi connectivity index (χ2v) is 7.34. The SMILES string of the molecule is O=C(O)CCC(NC(=O)C1CCN(C(=O)c2ccccc2)CC1)c1ccccc1. The number of carbonyl (C=O) groups is 3. The van der Waals surface area contributed by atoms with Crippen molar-refractivity contribution in [3.63, 3.8) is 0 Å². The number of hydrogen-bond acceptors (Lipinski definition) is 3. The van der Waals surface area contributed by atoms with Gasteiger partial charge in [0.2, 0.25) is 5.91 Å². The highest BCUT2D eigenvalue weighted by Gasteiger charge is 2.29. The third-order valence-corrected chi connectivity index (χ3v) is 5.34. The van der Waals surface area contributed by atoms with E-state index in [1.54, 1.807) is 17.0 Å². The zero-order chi connectivity index (χ0) is 20.6. The van der Waals surface area contributed by atoms with Crippen LogP contribution in [0.25, 0.3) is 0 Å². The summed E-state index contributed by atoms with van der Waals surface area (Å²) < 4.78 is 0. The summed E-state index contributed by atoms with van der Waals surface area (Å²) in [7, 11) is 0. The molecule has 1 saturated heterocycles. The van der Waals surface area contributed by atoms with Gasteiger partial charge in [-0.3, -0.25) is 14.4 Å². The average Bonchev–Trinajstić information content (AvgIpc) is 2.77. The monoisotopic (exact) mass is 394 g/mol. The summed E-state index contributed by atoms with van der Waals surface area (Å²) in [5.74, 6) is -1.14. The number of rotatable bonds is 7. The molecule has 1 fully saturated rings. The molecule has 2 N–H and O–H groups in total. The van der Waals surface area contributed by atoms with Crippen molar-refractivity contribution in [1.82, 2.24) is 10.2 Å². The second-order valence-electron chi connectivity index (χ2n) is 7.34. The summed E-state index contributed by atoms with van der Waals surface area (Å²) >= 11 is 0. The molecular formula is C23H26N2O4. The number of piperidine rings is 1. The van der Waals surface area contributed by atoms with Crippen molar-refractivity contribution >= 4 is 17.8 Å². The van der Waals surface area contributed by atoms with Crippen LogP contribution in [-0.4, -0.2) is 40.9 Å². The van der Waals surface area contributed by atoms with Crippen LogP contribution in [0.4, 0.5) is 0 Å². The maximum atomic E-state index is 12.8. The van der Waals surface area contributed by atoms with Gasteiger partial charge in [0, 0.05) is 31.0 Å². The number of benzene rings is 2. The average molecular weight is 394 g/mol. The van der Waals surface area contributed by atoms with E-state index in [0.29, 0.717) is 37.9 Å². The number of carboxylic acids is 1. The molecule has 6 heteroatoms. The summed E-state index contributed by atoms with van der Waals surface area (Å²) in [6.45, 7) is 1.08. The maximum Gasteiger partial charge on any atom is 0.303 e. The summed E-state index contributed by atoms with van der Waals surface area (Å²) in [6, 6.07) is 18.3. The maximum absolute atomic E-state index is 12.8. The molecule has 29 heavy (non-hydrogen) atoms. The summed E-state index contributed by atoms with van der Waals surface area (Å²) in [5, 5.41) is 12.0. The first-order valence-electron chi connectivity index (χ1n) is 9.96. The fourth-order valence-corrected chi connectivity index (χ4v) is 3.67. The highest BCUT2D eigenvalue weighted by molar-refractivity contribution is 5.94. The highest BCUT2D eigenvalue weighted by atomic mass is 16.4. The molecule has 2 amide bonds. The largest absolute Gasteiger partial charge is 0.481 e. The van der Waals surface area contributed by atoms with Gasteiger partial charge in [0.15, 0.2) is 0 Å². The van der Waals surface area contributed by atoms with Crippen LogP contribution < -0.4 is 5.32 Å². The van der Waals surface area contributed by atoms with Gasteiger partial charge < -0.3 is 15.3 Å². The Morgan fingerprint density at radius 1 is 0.966 bits per heavy atom. The van der Waals surface area contributed by atoms with Crippen molar-refractivity contribution in [1.29, 1.82) is 0 Å². The molecule has 3 rings (SSSR count). The minimum Gasteiger partial charge on any atom is -0.481 e. The molecule has 0 aromatic heterocycles. The Morgan fingerprint density at radius 2 is 1.55 bits per heavy atom. The van der Waals surface area contributed by atoms with Gasteiger partial charge in [0.25, 0.3) is 5.91 Å². The molecular weight excluding hydrogens is 368 g/mol. The molecule has 6 nitrogen and oxygen atoms in total. The molecule has 1 heterocycles. The van der Waals surface area contributed by atoms with E-state index in [1.807, 2.05) is 48.5 Å². The molecule has 2 aromatic rings. The van der Waals surface area contributed by atoms with Crippen LogP contribution in [0.5, 0.6) is 0 Å². The third kappa shape index (κ3) is 5.67. The number of aliphatic carboxylic acids is 1. The zero-order valence-electron chi connectivity index (χ0n) is 16.3. The fraction of sp³-hybridized carbons (Fsp3) is 0.348. The molecule has 2 aromatic carbocycles. The normalized spacial score (nSPS) is 15.5. The lowest BCUT2D eigenvalue weighted by Gasteiger charge is -2.32. The van der Waals surface area contributed by atoms with Gasteiger partial charge >= 0.3 is 5.97 Å². The predicted octanol–water partition coefficient (Wildman–Crippen LogP) is 3.26. The van der Waals surface area contributed by atoms with Crippen molar-refractivity contribution < 1.29 is 19.5 Å². The van der Waals surface area contributed by atoms with Gasteiger partial charge in [-0.05, 0) is 37.0 Å². The predicted molar refractivity (Wildman–Crippen MR) is 109 cm³/mol. The van der Waals surface area contributed by atoms with Crippen LogP contribution in [0.1, 0.15) is 47.6 Å². The Balaban J connectivity index is 1.57. The Hall–Kier alpha value is -3.15. The second kappa shape index (κ2) is 9.87. The smallest absolute Gasteiger partial charge is 0.303 e. The van der Waals surface area contributed by atoms with Gasteiger partial charge in [-0.1, -0.05) is 48.5 Å². The molecule has 0 spiro atoms. The van der Waals surface area contributed by atoms with E-state index in [2.05, 4.69) is 5.32 Å². The minimum absolute atomic E-state index is 0.00641. The Bertz CT molecular complexity index is 830. The Morgan fingerprint density at radius 3 is 2.14 bits per heavy atom. The van der Waals surface area contributed by atoms with Crippen LogP contribution in [0.3, 0.4) is 0 Å². The first kappa shape index (κ1) is 20.6. The van der Waals surface area contributed by atoms with Crippen molar-refractivity contribution in [2.75, 3.05) is 13.1 Å². The number of nitrogens with zero attached hydrogens (tertiary/aromatic N) is 1. The van der Waals surface area contributed by atoms with Gasteiger partial charge in [0.05, 0.1) is 6.04 Å². The van der Waals surface area contributed by atoms with Crippen LogP contribution in [0.2, 0.25) is 0 Å². The van der Waals surface area contributed by atoms with E-state index in [1.165, 1.54) is 0 Å². The van der Waals surface area contributed by atoms with E-state index in [-0.39, 0.29) is 30.2 Å². The Kier molecular flexibility index (Phi) is 7.00.